The number of piperidine rings is 1. The number of carbonyl (C=O) groups is 1. The maximum Gasteiger partial charge on any atom is 0.315 e. The van der Waals surface area contributed by atoms with Crippen LogP contribution >= 0.6 is 0 Å². The van der Waals surface area contributed by atoms with Gasteiger partial charge < -0.3 is 15.5 Å². The van der Waals surface area contributed by atoms with E-state index in [0.29, 0.717) is 0 Å². The molecule has 1 saturated heterocycles. The van der Waals surface area contributed by atoms with Crippen LogP contribution < -0.4 is 10.6 Å². The Kier molecular flexibility index (Phi) is 7.46. The van der Waals surface area contributed by atoms with Crippen molar-refractivity contribution in [3.05, 3.63) is 71.8 Å². The van der Waals surface area contributed by atoms with E-state index < -0.39 is 0 Å². The Morgan fingerprint density at radius 2 is 1.79 bits per heavy atom. The summed E-state index contributed by atoms with van der Waals surface area (Å²) in [7, 11) is 4.05. The van der Waals surface area contributed by atoms with Gasteiger partial charge in [-0.25, -0.2) is 4.79 Å². The Bertz CT molecular complexity index is 720. The number of nitrogens with one attached hydrogen (secondary N) is 2. The number of hydrogen-bond donors (Lipinski definition) is 2. The van der Waals surface area contributed by atoms with Gasteiger partial charge in [-0.15, -0.1) is 0 Å². The largest absolute Gasteiger partial charge is 0.334 e. The SMILES string of the molecule is CN(C)CC(NC(=O)NC1CCCN(Cc2ccccc2)C1)c1ccccc1. The number of rotatable bonds is 7. The van der Waals surface area contributed by atoms with E-state index in [2.05, 4.69) is 56.8 Å². The highest BCUT2D eigenvalue weighted by Gasteiger charge is 2.23. The van der Waals surface area contributed by atoms with E-state index in [4.69, 9.17) is 0 Å². The van der Waals surface area contributed by atoms with Crippen LogP contribution in [-0.4, -0.2) is 55.6 Å². The molecule has 3 rings (SSSR count). The Balaban J connectivity index is 1.54. The molecule has 1 aliphatic heterocycles. The Morgan fingerprint density at radius 1 is 1.11 bits per heavy atom. The monoisotopic (exact) mass is 380 g/mol. The standard InChI is InChI=1S/C23H32N4O/c1-26(2)18-22(20-12-7-4-8-13-20)25-23(28)24-21-14-9-15-27(17-21)16-19-10-5-3-6-11-19/h3-8,10-13,21-22H,9,14-18H2,1-2H3,(H2,24,25,28). The minimum absolute atomic E-state index is 0.0276. The summed E-state index contributed by atoms with van der Waals surface area (Å²) >= 11 is 0. The summed E-state index contributed by atoms with van der Waals surface area (Å²) in [6, 6.07) is 20.8. The number of benzene rings is 2. The van der Waals surface area contributed by atoms with E-state index in [1.807, 2.05) is 38.4 Å². The third kappa shape index (κ3) is 6.36. The average molecular weight is 381 g/mol. The average Bonchev–Trinajstić information content (AvgIpc) is 2.69. The normalized spacial score (nSPS) is 18.6. The number of likely N-dealkylation sites (N-methyl/N-ethyl adjacent to an activating group) is 1. The van der Waals surface area contributed by atoms with Crippen molar-refractivity contribution in [1.29, 1.82) is 0 Å². The summed E-state index contributed by atoms with van der Waals surface area (Å²) in [6.07, 6.45) is 2.14. The van der Waals surface area contributed by atoms with Gasteiger partial charge in [0.25, 0.3) is 0 Å². The van der Waals surface area contributed by atoms with Crippen LogP contribution in [0.3, 0.4) is 0 Å². The van der Waals surface area contributed by atoms with Gasteiger partial charge in [0.2, 0.25) is 0 Å². The van der Waals surface area contributed by atoms with Crippen molar-refractivity contribution in [2.45, 2.75) is 31.5 Å². The van der Waals surface area contributed by atoms with Crippen molar-refractivity contribution in [3.8, 4) is 0 Å². The lowest BCUT2D eigenvalue weighted by atomic mass is 10.0. The number of hydrogen-bond acceptors (Lipinski definition) is 3. The molecule has 1 aliphatic rings. The molecule has 1 heterocycles. The van der Waals surface area contributed by atoms with Gasteiger partial charge in [-0.2, -0.15) is 0 Å². The molecule has 0 aromatic heterocycles. The van der Waals surface area contributed by atoms with E-state index in [9.17, 15) is 4.79 Å². The van der Waals surface area contributed by atoms with E-state index in [-0.39, 0.29) is 18.1 Å². The minimum Gasteiger partial charge on any atom is -0.334 e. The molecule has 2 aromatic carbocycles. The first-order valence-corrected chi connectivity index (χ1v) is 10.1. The second-order valence-electron chi connectivity index (χ2n) is 7.90. The summed E-state index contributed by atoms with van der Waals surface area (Å²) in [5.41, 5.74) is 2.45. The zero-order valence-electron chi connectivity index (χ0n) is 17.0. The van der Waals surface area contributed by atoms with Crippen molar-refractivity contribution in [2.24, 2.45) is 0 Å². The predicted molar refractivity (Wildman–Crippen MR) is 114 cm³/mol. The van der Waals surface area contributed by atoms with Crippen molar-refractivity contribution < 1.29 is 4.79 Å². The van der Waals surface area contributed by atoms with Crippen LogP contribution in [0.15, 0.2) is 60.7 Å². The lowest BCUT2D eigenvalue weighted by Crippen LogP contribution is -2.51. The lowest BCUT2D eigenvalue weighted by Gasteiger charge is -2.33. The fraction of sp³-hybridized carbons (Fsp3) is 0.435. The highest BCUT2D eigenvalue weighted by molar-refractivity contribution is 5.74. The van der Waals surface area contributed by atoms with Crippen molar-refractivity contribution in [3.63, 3.8) is 0 Å². The van der Waals surface area contributed by atoms with Gasteiger partial charge in [-0.1, -0.05) is 60.7 Å². The number of carbonyl (C=O) groups excluding carboxylic acids is 1. The zero-order valence-corrected chi connectivity index (χ0v) is 17.0. The summed E-state index contributed by atoms with van der Waals surface area (Å²) in [6.45, 7) is 3.68. The van der Waals surface area contributed by atoms with E-state index >= 15 is 0 Å². The van der Waals surface area contributed by atoms with Crippen LogP contribution in [0.2, 0.25) is 0 Å². The van der Waals surface area contributed by atoms with Crippen LogP contribution in [0.1, 0.15) is 30.0 Å². The number of urea groups is 1. The van der Waals surface area contributed by atoms with E-state index in [0.717, 1.165) is 44.6 Å². The number of amides is 2. The first-order chi connectivity index (χ1) is 13.6. The second-order valence-corrected chi connectivity index (χ2v) is 7.90. The highest BCUT2D eigenvalue weighted by Crippen LogP contribution is 2.15. The third-order valence-corrected chi connectivity index (χ3v) is 5.14. The fourth-order valence-electron chi connectivity index (χ4n) is 3.83. The van der Waals surface area contributed by atoms with E-state index in [1.165, 1.54) is 5.56 Å². The molecule has 150 valence electrons. The summed E-state index contributed by atoms with van der Waals surface area (Å²) in [5.74, 6) is 0. The Hall–Kier alpha value is -2.37. The molecule has 2 unspecified atom stereocenters. The first kappa shape index (κ1) is 20.4. The quantitative estimate of drug-likeness (QED) is 0.775. The zero-order chi connectivity index (χ0) is 19.8. The molecule has 0 saturated carbocycles. The molecule has 5 nitrogen and oxygen atoms in total. The Labute approximate surface area is 168 Å². The van der Waals surface area contributed by atoms with Crippen molar-refractivity contribution >= 4 is 6.03 Å². The van der Waals surface area contributed by atoms with Crippen LogP contribution in [-0.2, 0) is 6.54 Å². The van der Waals surface area contributed by atoms with Gasteiger partial charge in [0.15, 0.2) is 0 Å². The van der Waals surface area contributed by atoms with Crippen LogP contribution in [0.25, 0.3) is 0 Å². The molecular formula is C23H32N4O. The van der Waals surface area contributed by atoms with Crippen LogP contribution in [0.5, 0.6) is 0 Å². The second kappa shape index (κ2) is 10.2. The summed E-state index contributed by atoms with van der Waals surface area (Å²) < 4.78 is 0. The predicted octanol–water partition coefficient (Wildman–Crippen LogP) is 3.25. The summed E-state index contributed by atoms with van der Waals surface area (Å²) in [4.78, 5) is 17.2. The molecule has 5 heteroatoms. The van der Waals surface area contributed by atoms with Gasteiger partial charge in [0.05, 0.1) is 6.04 Å². The molecule has 0 spiro atoms. The lowest BCUT2D eigenvalue weighted by molar-refractivity contribution is 0.178. The van der Waals surface area contributed by atoms with Crippen LogP contribution in [0.4, 0.5) is 4.79 Å². The molecular weight excluding hydrogens is 348 g/mol. The van der Waals surface area contributed by atoms with Crippen molar-refractivity contribution in [2.75, 3.05) is 33.7 Å². The fourth-order valence-corrected chi connectivity index (χ4v) is 3.83. The molecule has 2 N–H and O–H groups in total. The molecule has 2 aromatic rings. The molecule has 0 bridgehead atoms. The minimum atomic E-state index is -0.0812. The molecule has 0 radical (unpaired) electrons. The molecule has 28 heavy (non-hydrogen) atoms. The van der Waals surface area contributed by atoms with Gasteiger partial charge in [0.1, 0.15) is 0 Å². The molecule has 2 atom stereocenters. The maximum absolute atomic E-state index is 12.7. The van der Waals surface area contributed by atoms with Gasteiger partial charge >= 0.3 is 6.03 Å². The third-order valence-electron chi connectivity index (χ3n) is 5.14. The summed E-state index contributed by atoms with van der Waals surface area (Å²) in [5, 5.41) is 6.36. The maximum atomic E-state index is 12.7. The number of nitrogens with zero attached hydrogens (tertiary/aromatic N) is 2. The topological polar surface area (TPSA) is 47.6 Å². The van der Waals surface area contributed by atoms with Gasteiger partial charge in [-0.05, 0) is 44.6 Å². The smallest absolute Gasteiger partial charge is 0.315 e. The first-order valence-electron chi connectivity index (χ1n) is 10.1. The van der Waals surface area contributed by atoms with Crippen LogP contribution in [0, 0.1) is 0 Å². The highest BCUT2D eigenvalue weighted by atomic mass is 16.2. The molecule has 0 aliphatic carbocycles. The number of likely N-dealkylation sites (tertiary alicyclic amines) is 1. The van der Waals surface area contributed by atoms with Gasteiger partial charge in [0, 0.05) is 25.7 Å². The van der Waals surface area contributed by atoms with Gasteiger partial charge in [-0.3, -0.25) is 4.90 Å². The Morgan fingerprint density at radius 3 is 2.46 bits per heavy atom. The molecule has 2 amide bonds. The molecule has 1 fully saturated rings. The van der Waals surface area contributed by atoms with E-state index in [1.54, 1.807) is 0 Å². The van der Waals surface area contributed by atoms with Crippen molar-refractivity contribution in [1.82, 2.24) is 20.4 Å².